The van der Waals surface area contributed by atoms with Crippen LogP contribution >= 0.6 is 0 Å². The SMILES string of the molecule is COc1cc(/C=C/C(=O)N(Cc2ccc(F)cc2)C2CC2)ccc1OCc1c(C)noc1C. The zero-order chi connectivity index (χ0) is 23.4. The second kappa shape index (κ2) is 9.90. The summed E-state index contributed by atoms with van der Waals surface area (Å²) in [6.45, 7) is 4.51. The lowest BCUT2D eigenvalue weighted by Crippen LogP contribution is -2.31. The monoisotopic (exact) mass is 450 g/mol. The van der Waals surface area contributed by atoms with E-state index < -0.39 is 0 Å². The number of nitrogens with zero attached hydrogens (tertiary/aromatic N) is 2. The normalized spacial score (nSPS) is 13.3. The van der Waals surface area contributed by atoms with Crippen LogP contribution in [0, 0.1) is 19.7 Å². The second-order valence-corrected chi connectivity index (χ2v) is 8.16. The quantitative estimate of drug-likeness (QED) is 0.418. The van der Waals surface area contributed by atoms with Crippen molar-refractivity contribution in [1.29, 1.82) is 0 Å². The number of aryl methyl sites for hydroxylation is 2. The van der Waals surface area contributed by atoms with E-state index in [0.29, 0.717) is 24.7 Å². The molecule has 0 radical (unpaired) electrons. The van der Waals surface area contributed by atoms with Crippen molar-refractivity contribution < 1.29 is 23.2 Å². The van der Waals surface area contributed by atoms with E-state index in [-0.39, 0.29) is 17.8 Å². The average molecular weight is 451 g/mol. The van der Waals surface area contributed by atoms with Gasteiger partial charge in [0, 0.05) is 18.7 Å². The van der Waals surface area contributed by atoms with Crippen molar-refractivity contribution in [3.8, 4) is 11.5 Å². The van der Waals surface area contributed by atoms with E-state index in [2.05, 4.69) is 5.16 Å². The summed E-state index contributed by atoms with van der Waals surface area (Å²) in [5.74, 6) is 1.54. The van der Waals surface area contributed by atoms with Crippen LogP contribution in [0.1, 0.15) is 41.0 Å². The van der Waals surface area contributed by atoms with Crippen LogP contribution < -0.4 is 9.47 Å². The van der Waals surface area contributed by atoms with Gasteiger partial charge in [-0.3, -0.25) is 4.79 Å². The lowest BCUT2D eigenvalue weighted by molar-refractivity contribution is -0.127. The van der Waals surface area contributed by atoms with Crippen molar-refractivity contribution in [2.75, 3.05) is 7.11 Å². The van der Waals surface area contributed by atoms with E-state index in [1.165, 1.54) is 12.1 Å². The molecule has 0 atom stereocenters. The first kappa shape index (κ1) is 22.6. The minimum Gasteiger partial charge on any atom is -0.493 e. The van der Waals surface area contributed by atoms with Gasteiger partial charge in [0.1, 0.15) is 18.2 Å². The van der Waals surface area contributed by atoms with Crippen LogP contribution in [-0.2, 0) is 17.9 Å². The van der Waals surface area contributed by atoms with Crippen LogP contribution in [0.15, 0.2) is 53.1 Å². The lowest BCUT2D eigenvalue weighted by atomic mass is 10.1. The molecule has 1 aliphatic carbocycles. The van der Waals surface area contributed by atoms with Crippen LogP contribution in [0.25, 0.3) is 6.08 Å². The third-order valence-corrected chi connectivity index (χ3v) is 5.70. The molecule has 7 heteroatoms. The van der Waals surface area contributed by atoms with E-state index in [0.717, 1.165) is 41.0 Å². The molecule has 172 valence electrons. The van der Waals surface area contributed by atoms with Gasteiger partial charge in [0.2, 0.25) is 5.91 Å². The Hall–Kier alpha value is -3.61. The number of carbonyl (C=O) groups excluding carboxylic acids is 1. The first-order valence-corrected chi connectivity index (χ1v) is 10.9. The predicted octanol–water partition coefficient (Wildman–Crippen LogP) is 5.22. The predicted molar refractivity (Wildman–Crippen MR) is 122 cm³/mol. The maximum Gasteiger partial charge on any atom is 0.247 e. The first-order valence-electron chi connectivity index (χ1n) is 10.9. The largest absolute Gasteiger partial charge is 0.493 e. The molecule has 1 aromatic heterocycles. The summed E-state index contributed by atoms with van der Waals surface area (Å²) in [4.78, 5) is 14.7. The summed E-state index contributed by atoms with van der Waals surface area (Å²) in [6, 6.07) is 12.0. The summed E-state index contributed by atoms with van der Waals surface area (Å²) in [5.41, 5.74) is 3.44. The zero-order valence-electron chi connectivity index (χ0n) is 19.0. The Morgan fingerprint density at radius 1 is 1.18 bits per heavy atom. The highest BCUT2D eigenvalue weighted by Gasteiger charge is 2.31. The molecule has 1 heterocycles. The Kier molecular flexibility index (Phi) is 6.77. The van der Waals surface area contributed by atoms with Crippen LogP contribution in [0.5, 0.6) is 11.5 Å². The van der Waals surface area contributed by atoms with Crippen molar-refractivity contribution in [1.82, 2.24) is 10.1 Å². The molecule has 0 N–H and O–H groups in total. The Morgan fingerprint density at radius 3 is 2.58 bits per heavy atom. The molecule has 2 aromatic carbocycles. The summed E-state index contributed by atoms with van der Waals surface area (Å²) >= 11 is 0. The molecule has 0 spiro atoms. The van der Waals surface area contributed by atoms with Crippen molar-refractivity contribution in [2.45, 2.75) is 45.9 Å². The van der Waals surface area contributed by atoms with Gasteiger partial charge in [0.25, 0.3) is 0 Å². The van der Waals surface area contributed by atoms with E-state index in [9.17, 15) is 9.18 Å². The number of benzene rings is 2. The molecule has 1 aliphatic rings. The van der Waals surface area contributed by atoms with Gasteiger partial charge in [-0.1, -0.05) is 23.4 Å². The molecule has 6 nitrogen and oxygen atoms in total. The number of rotatable bonds is 9. The van der Waals surface area contributed by atoms with Gasteiger partial charge >= 0.3 is 0 Å². The number of aromatic nitrogens is 1. The fourth-order valence-corrected chi connectivity index (χ4v) is 3.59. The number of ether oxygens (including phenoxy) is 2. The van der Waals surface area contributed by atoms with E-state index in [1.54, 1.807) is 31.4 Å². The van der Waals surface area contributed by atoms with Crippen molar-refractivity contribution in [2.24, 2.45) is 0 Å². The Balaban J connectivity index is 1.43. The minimum atomic E-state index is -0.281. The standard InChI is InChI=1S/C26H27FN2O4/c1-17-23(18(2)33-28-17)16-32-24-12-6-19(14-25(24)31-3)7-13-26(30)29(22-10-11-22)15-20-4-8-21(27)9-5-20/h4-9,12-14,22H,10-11,15-16H2,1-3H3/b13-7+. The lowest BCUT2D eigenvalue weighted by Gasteiger charge is -2.21. The number of hydrogen-bond acceptors (Lipinski definition) is 5. The summed E-state index contributed by atoms with van der Waals surface area (Å²) < 4.78 is 29.8. The molecular weight excluding hydrogens is 423 g/mol. The number of carbonyl (C=O) groups is 1. The van der Waals surface area contributed by atoms with Gasteiger partial charge in [-0.15, -0.1) is 0 Å². The molecular formula is C26H27FN2O4. The Labute approximate surface area is 192 Å². The van der Waals surface area contributed by atoms with E-state index in [4.69, 9.17) is 14.0 Å². The number of amides is 1. The van der Waals surface area contributed by atoms with Crippen LogP contribution in [-0.4, -0.2) is 29.1 Å². The molecule has 1 fully saturated rings. The zero-order valence-corrected chi connectivity index (χ0v) is 19.0. The molecule has 0 saturated heterocycles. The van der Waals surface area contributed by atoms with Gasteiger partial charge in [0.15, 0.2) is 11.5 Å². The molecule has 0 bridgehead atoms. The van der Waals surface area contributed by atoms with Gasteiger partial charge in [0.05, 0.1) is 18.4 Å². The number of hydrogen-bond donors (Lipinski definition) is 0. The highest BCUT2D eigenvalue weighted by molar-refractivity contribution is 5.92. The smallest absolute Gasteiger partial charge is 0.247 e. The molecule has 1 saturated carbocycles. The number of methoxy groups -OCH3 is 1. The van der Waals surface area contributed by atoms with Gasteiger partial charge in [-0.2, -0.15) is 0 Å². The van der Waals surface area contributed by atoms with Crippen molar-refractivity contribution >= 4 is 12.0 Å². The molecule has 1 amide bonds. The van der Waals surface area contributed by atoms with Gasteiger partial charge < -0.3 is 18.9 Å². The Morgan fingerprint density at radius 2 is 1.94 bits per heavy atom. The molecule has 4 rings (SSSR count). The van der Waals surface area contributed by atoms with Crippen LogP contribution in [0.4, 0.5) is 4.39 Å². The first-order chi connectivity index (χ1) is 15.9. The highest BCUT2D eigenvalue weighted by Crippen LogP contribution is 2.31. The maximum absolute atomic E-state index is 13.2. The summed E-state index contributed by atoms with van der Waals surface area (Å²) in [6.07, 6.45) is 5.32. The van der Waals surface area contributed by atoms with E-state index in [1.807, 2.05) is 36.9 Å². The fourth-order valence-electron chi connectivity index (χ4n) is 3.59. The highest BCUT2D eigenvalue weighted by atomic mass is 19.1. The molecule has 3 aromatic rings. The third kappa shape index (κ3) is 5.61. The summed E-state index contributed by atoms with van der Waals surface area (Å²) in [5, 5.41) is 3.94. The molecule has 0 aliphatic heterocycles. The Bertz CT molecular complexity index is 1130. The second-order valence-electron chi connectivity index (χ2n) is 8.16. The topological polar surface area (TPSA) is 64.8 Å². The van der Waals surface area contributed by atoms with Gasteiger partial charge in [-0.05, 0) is 68.2 Å². The fraction of sp³-hybridized carbons (Fsp3) is 0.308. The van der Waals surface area contributed by atoms with Crippen LogP contribution in [0.2, 0.25) is 0 Å². The van der Waals surface area contributed by atoms with Crippen molar-refractivity contribution in [3.63, 3.8) is 0 Å². The van der Waals surface area contributed by atoms with Crippen LogP contribution in [0.3, 0.4) is 0 Å². The average Bonchev–Trinajstić information content (AvgIpc) is 3.61. The van der Waals surface area contributed by atoms with Crippen molar-refractivity contribution in [3.05, 3.63) is 82.5 Å². The van der Waals surface area contributed by atoms with Gasteiger partial charge in [-0.25, -0.2) is 4.39 Å². The van der Waals surface area contributed by atoms with E-state index >= 15 is 0 Å². The summed E-state index contributed by atoms with van der Waals surface area (Å²) in [7, 11) is 1.58. The molecule has 0 unspecified atom stereocenters. The third-order valence-electron chi connectivity index (χ3n) is 5.70. The maximum atomic E-state index is 13.2. The minimum absolute atomic E-state index is 0.0699. The molecule has 33 heavy (non-hydrogen) atoms. The number of halogens is 1.